The zero-order valence-electron chi connectivity index (χ0n) is 17.7. The Kier molecular flexibility index (Phi) is 5.65. The number of nitrogens with one attached hydrogen (secondary N) is 1. The van der Waals surface area contributed by atoms with Crippen molar-refractivity contribution in [1.29, 1.82) is 0 Å². The number of para-hydroxylation sites is 1. The fourth-order valence-electron chi connectivity index (χ4n) is 3.78. The van der Waals surface area contributed by atoms with Crippen LogP contribution in [0.25, 0.3) is 5.65 Å². The van der Waals surface area contributed by atoms with Gasteiger partial charge in [-0.3, -0.25) is 9.20 Å². The lowest BCUT2D eigenvalue weighted by atomic mass is 10.1. The molecule has 8 heteroatoms. The Hall–Kier alpha value is -3.39. The van der Waals surface area contributed by atoms with Crippen LogP contribution in [0.2, 0.25) is 0 Å². The maximum atomic E-state index is 13.1. The van der Waals surface area contributed by atoms with Gasteiger partial charge in [-0.25, -0.2) is 4.79 Å². The largest absolute Gasteiger partial charge is 0.478 e. The molecule has 0 saturated carbocycles. The minimum Gasteiger partial charge on any atom is -0.478 e. The highest BCUT2D eigenvalue weighted by molar-refractivity contribution is 5.94. The molecule has 2 N–H and O–H groups in total. The quantitative estimate of drug-likeness (QED) is 0.627. The first-order valence-corrected chi connectivity index (χ1v) is 10.2. The summed E-state index contributed by atoms with van der Waals surface area (Å²) in [6.07, 6.45) is 2.38. The van der Waals surface area contributed by atoms with Gasteiger partial charge in [0.1, 0.15) is 11.8 Å². The van der Waals surface area contributed by atoms with Gasteiger partial charge in [0, 0.05) is 23.9 Å². The molecule has 0 unspecified atom stereocenters. The van der Waals surface area contributed by atoms with E-state index >= 15 is 0 Å². The summed E-state index contributed by atoms with van der Waals surface area (Å²) in [5, 5.41) is 12.7. The summed E-state index contributed by atoms with van der Waals surface area (Å²) in [4.78, 5) is 29.3. The summed E-state index contributed by atoms with van der Waals surface area (Å²) in [5.41, 5.74) is 3.06. The Labute approximate surface area is 179 Å². The van der Waals surface area contributed by atoms with E-state index < -0.39 is 5.97 Å². The molecule has 4 rings (SSSR count). The fourth-order valence-corrected chi connectivity index (χ4v) is 3.78. The fraction of sp³-hybridized carbons (Fsp3) is 0.348. The van der Waals surface area contributed by atoms with Crippen LogP contribution in [0.1, 0.15) is 46.4 Å². The number of pyridine rings is 1. The highest BCUT2D eigenvalue weighted by atomic mass is 16.5. The summed E-state index contributed by atoms with van der Waals surface area (Å²) >= 11 is 0. The first-order valence-electron chi connectivity index (χ1n) is 10.2. The number of carboxylic acids is 1. The van der Waals surface area contributed by atoms with E-state index in [2.05, 4.69) is 10.3 Å². The van der Waals surface area contributed by atoms with Crippen molar-refractivity contribution in [1.82, 2.24) is 9.38 Å². The van der Waals surface area contributed by atoms with E-state index in [9.17, 15) is 14.7 Å². The number of rotatable bonds is 6. The molecule has 1 saturated heterocycles. The highest BCUT2D eigenvalue weighted by Gasteiger charge is 2.22. The molecule has 1 aliphatic rings. The van der Waals surface area contributed by atoms with Crippen molar-refractivity contribution in [3.63, 3.8) is 0 Å². The van der Waals surface area contributed by atoms with Gasteiger partial charge >= 0.3 is 5.97 Å². The van der Waals surface area contributed by atoms with Crippen LogP contribution in [0.5, 0.6) is 5.88 Å². The van der Waals surface area contributed by atoms with Crippen LogP contribution in [0.4, 0.5) is 5.69 Å². The van der Waals surface area contributed by atoms with Crippen molar-refractivity contribution in [2.75, 3.05) is 18.5 Å². The van der Waals surface area contributed by atoms with Crippen molar-refractivity contribution in [3.8, 4) is 5.88 Å². The first kappa shape index (κ1) is 20.9. The molecule has 3 aromatic rings. The van der Waals surface area contributed by atoms with E-state index in [0.717, 1.165) is 17.5 Å². The third-order valence-corrected chi connectivity index (χ3v) is 5.43. The average molecular weight is 423 g/mol. The van der Waals surface area contributed by atoms with Gasteiger partial charge < -0.3 is 19.9 Å². The minimum atomic E-state index is -1.01. The second-order valence-corrected chi connectivity index (χ2v) is 7.83. The number of carbonyl (C=O) groups is 1. The molecule has 31 heavy (non-hydrogen) atoms. The number of nitrogens with zero attached hydrogens (tertiary/aromatic N) is 2. The standard InChI is InChI=1S/C23H25N3O5/c1-13-10-18(15(3)24-19-7-5-4-6-17(19)23(28)29)20-25-21(31-16-8-9-30-12-16)14(2)22(27)26(20)11-13/h4-7,10-11,15-16,24H,8-9,12H2,1-3H3,(H,28,29)/t15-,16+/m1/s1. The van der Waals surface area contributed by atoms with E-state index in [1.807, 2.05) is 19.9 Å². The van der Waals surface area contributed by atoms with Gasteiger partial charge in [-0.1, -0.05) is 12.1 Å². The van der Waals surface area contributed by atoms with Crippen LogP contribution < -0.4 is 15.6 Å². The molecule has 162 valence electrons. The number of fused-ring (bicyclic) bond motifs is 1. The molecule has 3 heterocycles. The number of anilines is 1. The smallest absolute Gasteiger partial charge is 0.337 e. The SMILES string of the molecule is Cc1cc([C@@H](C)Nc2ccccc2C(=O)O)c2nc(O[C@H]3CCOC3)c(C)c(=O)n2c1. The second kappa shape index (κ2) is 8.39. The van der Waals surface area contributed by atoms with E-state index in [1.165, 1.54) is 4.40 Å². The van der Waals surface area contributed by atoms with Gasteiger partial charge in [0.2, 0.25) is 5.88 Å². The lowest BCUT2D eigenvalue weighted by Gasteiger charge is -2.21. The first-order chi connectivity index (χ1) is 14.8. The Morgan fingerprint density at radius 1 is 1.35 bits per heavy atom. The van der Waals surface area contributed by atoms with Crippen molar-refractivity contribution < 1.29 is 19.4 Å². The number of carboxylic acid groups (broad SMARTS) is 1. The van der Waals surface area contributed by atoms with Crippen molar-refractivity contribution in [2.24, 2.45) is 0 Å². The summed E-state index contributed by atoms with van der Waals surface area (Å²) in [7, 11) is 0. The molecule has 0 aliphatic carbocycles. The molecule has 0 amide bonds. The number of aromatic nitrogens is 2. The summed E-state index contributed by atoms with van der Waals surface area (Å²) in [6, 6.07) is 8.36. The zero-order chi connectivity index (χ0) is 22.1. The monoisotopic (exact) mass is 423 g/mol. The van der Waals surface area contributed by atoms with Gasteiger partial charge in [0.05, 0.1) is 30.4 Å². The molecule has 0 bridgehead atoms. The third-order valence-electron chi connectivity index (χ3n) is 5.43. The molecule has 1 aromatic carbocycles. The van der Waals surface area contributed by atoms with Crippen molar-refractivity contribution in [3.05, 3.63) is 69.1 Å². The van der Waals surface area contributed by atoms with E-state index in [0.29, 0.717) is 36.0 Å². The lowest BCUT2D eigenvalue weighted by Crippen LogP contribution is -2.25. The maximum Gasteiger partial charge on any atom is 0.337 e. The van der Waals surface area contributed by atoms with E-state index in [4.69, 9.17) is 9.47 Å². The van der Waals surface area contributed by atoms with Crippen LogP contribution in [0, 0.1) is 13.8 Å². The number of hydrogen-bond acceptors (Lipinski definition) is 6. The predicted octanol–water partition coefficient (Wildman–Crippen LogP) is 3.35. The molecule has 2 aromatic heterocycles. The van der Waals surface area contributed by atoms with Crippen LogP contribution in [0.15, 0.2) is 41.3 Å². The average Bonchev–Trinajstić information content (AvgIpc) is 3.25. The Morgan fingerprint density at radius 2 is 2.13 bits per heavy atom. The number of aromatic carboxylic acids is 1. The number of ether oxygens (including phenoxy) is 2. The van der Waals surface area contributed by atoms with Gasteiger partial charge in [-0.15, -0.1) is 0 Å². The topological polar surface area (TPSA) is 102 Å². The number of hydrogen-bond donors (Lipinski definition) is 2. The van der Waals surface area contributed by atoms with Crippen molar-refractivity contribution in [2.45, 2.75) is 39.3 Å². The van der Waals surface area contributed by atoms with Crippen LogP contribution in [0.3, 0.4) is 0 Å². The minimum absolute atomic E-state index is 0.125. The summed E-state index contributed by atoms with van der Waals surface area (Å²) < 4.78 is 12.9. The normalized spacial score (nSPS) is 16.9. The lowest BCUT2D eigenvalue weighted by molar-refractivity contribution is 0.0698. The highest BCUT2D eigenvalue weighted by Crippen LogP contribution is 2.27. The summed E-state index contributed by atoms with van der Waals surface area (Å²) in [5.74, 6) is -0.701. The maximum absolute atomic E-state index is 13.1. The molecular formula is C23H25N3O5. The van der Waals surface area contributed by atoms with Crippen LogP contribution in [-0.2, 0) is 4.74 Å². The molecule has 0 spiro atoms. The molecular weight excluding hydrogens is 398 g/mol. The number of aryl methyl sites for hydroxylation is 1. The van der Waals surface area contributed by atoms with Gasteiger partial charge in [0.25, 0.3) is 5.56 Å². The third kappa shape index (κ3) is 4.11. The zero-order valence-corrected chi connectivity index (χ0v) is 17.7. The molecule has 1 aliphatic heterocycles. The van der Waals surface area contributed by atoms with E-state index in [-0.39, 0.29) is 23.3 Å². The Bertz CT molecular complexity index is 1200. The van der Waals surface area contributed by atoms with Crippen LogP contribution >= 0.6 is 0 Å². The molecule has 8 nitrogen and oxygen atoms in total. The Balaban J connectivity index is 1.78. The van der Waals surface area contributed by atoms with Gasteiger partial charge in [-0.2, -0.15) is 4.98 Å². The molecule has 0 radical (unpaired) electrons. The summed E-state index contributed by atoms with van der Waals surface area (Å²) in [6.45, 7) is 6.63. The molecule has 2 atom stereocenters. The Morgan fingerprint density at radius 3 is 2.84 bits per heavy atom. The number of benzene rings is 1. The van der Waals surface area contributed by atoms with Crippen molar-refractivity contribution >= 4 is 17.3 Å². The molecule has 1 fully saturated rings. The van der Waals surface area contributed by atoms with E-state index in [1.54, 1.807) is 37.4 Å². The van der Waals surface area contributed by atoms with Crippen LogP contribution in [-0.4, -0.2) is 39.8 Å². The van der Waals surface area contributed by atoms with Gasteiger partial charge in [0.15, 0.2) is 0 Å². The predicted molar refractivity (Wildman–Crippen MR) is 116 cm³/mol. The van der Waals surface area contributed by atoms with Gasteiger partial charge in [-0.05, 0) is 44.5 Å². The second-order valence-electron chi connectivity index (χ2n) is 7.83.